The van der Waals surface area contributed by atoms with Gasteiger partial charge in [0, 0.05) is 37.8 Å². The van der Waals surface area contributed by atoms with Gasteiger partial charge in [0.15, 0.2) is 17.6 Å². The average Bonchev–Trinajstić information content (AvgIpc) is 3.47. The van der Waals surface area contributed by atoms with Crippen molar-refractivity contribution in [3.63, 3.8) is 0 Å². The Hall–Kier alpha value is -4.03. The van der Waals surface area contributed by atoms with Gasteiger partial charge in [0.1, 0.15) is 6.33 Å². The Morgan fingerprint density at radius 3 is 2.42 bits per heavy atom. The standard InChI is InChI=1S/C34H38N4O6S/c1-21-30(19-45-34-37-36-20-38(34)4)43-33(44-31(21)27-10-8-24(18-39)9-11-27)28-14-12-26(13-15-28)29-7-5-6-25(16-29)17-35-32(41)22(2)42-23(3)40/h5-16,20-22,30-31,33,39H,17-19H2,1-4H3,(H,35,41)/t21-,22-,30+,31+,33+/m0/s1. The highest BCUT2D eigenvalue weighted by molar-refractivity contribution is 7.99. The number of nitrogens with one attached hydrogen (secondary N) is 1. The largest absolute Gasteiger partial charge is 0.453 e. The number of rotatable bonds is 11. The first-order valence-electron chi connectivity index (χ1n) is 14.8. The van der Waals surface area contributed by atoms with Crippen LogP contribution in [0, 0.1) is 5.92 Å². The highest BCUT2D eigenvalue weighted by Gasteiger charge is 2.38. The van der Waals surface area contributed by atoms with Crippen LogP contribution in [0.4, 0.5) is 0 Å². The van der Waals surface area contributed by atoms with Crippen LogP contribution in [-0.4, -0.2) is 49.7 Å². The van der Waals surface area contributed by atoms with E-state index >= 15 is 0 Å². The number of ether oxygens (including phenoxy) is 3. The van der Waals surface area contributed by atoms with E-state index in [1.807, 2.05) is 84.4 Å². The Kier molecular flexibility index (Phi) is 10.7. The Balaban J connectivity index is 1.31. The molecule has 0 radical (unpaired) electrons. The second-order valence-electron chi connectivity index (χ2n) is 11.1. The van der Waals surface area contributed by atoms with Gasteiger partial charge in [0.05, 0.1) is 18.8 Å². The van der Waals surface area contributed by atoms with Gasteiger partial charge >= 0.3 is 5.97 Å². The van der Waals surface area contributed by atoms with Crippen molar-refractivity contribution in [2.45, 2.75) is 63.7 Å². The van der Waals surface area contributed by atoms with Crippen LogP contribution in [0.1, 0.15) is 55.4 Å². The van der Waals surface area contributed by atoms with E-state index in [1.54, 1.807) is 25.0 Å². The molecule has 4 aromatic rings. The molecule has 0 aliphatic carbocycles. The Bertz CT molecular complexity index is 1590. The molecule has 1 aliphatic rings. The molecule has 1 fully saturated rings. The van der Waals surface area contributed by atoms with Crippen LogP contribution in [0.15, 0.2) is 84.3 Å². The van der Waals surface area contributed by atoms with Gasteiger partial charge in [-0.15, -0.1) is 10.2 Å². The third-order valence-electron chi connectivity index (χ3n) is 7.79. The zero-order chi connectivity index (χ0) is 31.9. The SMILES string of the molecule is CC(=O)O[C@@H](C)C(=O)NCc1cccc(-c2ccc([C@@H]3O[C@H](CSc4nncn4C)[C@H](C)[C@H](c4ccc(CO)cc4)O3)cc2)c1. The molecule has 0 unspecified atom stereocenters. The molecule has 1 saturated heterocycles. The van der Waals surface area contributed by atoms with Crippen molar-refractivity contribution >= 4 is 23.6 Å². The van der Waals surface area contributed by atoms with Gasteiger partial charge in [-0.05, 0) is 40.8 Å². The van der Waals surface area contributed by atoms with E-state index in [9.17, 15) is 14.7 Å². The summed E-state index contributed by atoms with van der Waals surface area (Å²) in [5.74, 6) is -0.107. The minimum absolute atomic E-state index is 0.0107. The normalized spacial score (nSPS) is 20.4. The summed E-state index contributed by atoms with van der Waals surface area (Å²) in [6.07, 6.45) is -0.0804. The lowest BCUT2D eigenvalue weighted by atomic mass is 9.91. The van der Waals surface area contributed by atoms with E-state index in [2.05, 4.69) is 22.4 Å². The Labute approximate surface area is 267 Å². The number of amides is 1. The number of thioether (sulfide) groups is 1. The maximum atomic E-state index is 12.3. The first-order valence-corrected chi connectivity index (χ1v) is 15.8. The number of aromatic nitrogens is 3. The molecule has 0 bridgehead atoms. The zero-order valence-corrected chi connectivity index (χ0v) is 26.6. The van der Waals surface area contributed by atoms with Gasteiger partial charge in [0.25, 0.3) is 5.91 Å². The van der Waals surface area contributed by atoms with Crippen molar-refractivity contribution < 1.29 is 28.9 Å². The second-order valence-corrected chi connectivity index (χ2v) is 12.1. The zero-order valence-electron chi connectivity index (χ0n) is 25.8. The van der Waals surface area contributed by atoms with Crippen LogP contribution in [0.25, 0.3) is 11.1 Å². The minimum atomic E-state index is -0.852. The van der Waals surface area contributed by atoms with Crippen LogP contribution in [0.5, 0.6) is 0 Å². The smallest absolute Gasteiger partial charge is 0.303 e. The van der Waals surface area contributed by atoms with Gasteiger partial charge < -0.3 is 29.2 Å². The topological polar surface area (TPSA) is 125 Å². The lowest BCUT2D eigenvalue weighted by Crippen LogP contribution is -2.38. The minimum Gasteiger partial charge on any atom is -0.453 e. The lowest BCUT2D eigenvalue weighted by molar-refractivity contribution is -0.268. The molecule has 11 heteroatoms. The number of aliphatic hydroxyl groups excluding tert-OH is 1. The molecule has 45 heavy (non-hydrogen) atoms. The van der Waals surface area contributed by atoms with Crippen molar-refractivity contribution in [1.82, 2.24) is 20.1 Å². The molecule has 2 heterocycles. The molecule has 2 N–H and O–H groups in total. The predicted molar refractivity (Wildman–Crippen MR) is 170 cm³/mol. The summed E-state index contributed by atoms with van der Waals surface area (Å²) < 4.78 is 20.0. The molecule has 236 valence electrons. The van der Waals surface area contributed by atoms with Crippen LogP contribution in [0.2, 0.25) is 0 Å². The molecule has 10 nitrogen and oxygen atoms in total. The lowest BCUT2D eigenvalue weighted by Gasteiger charge is -2.41. The molecule has 0 spiro atoms. The first-order chi connectivity index (χ1) is 21.7. The van der Waals surface area contributed by atoms with Crippen LogP contribution < -0.4 is 5.32 Å². The summed E-state index contributed by atoms with van der Waals surface area (Å²) in [6.45, 7) is 5.26. The monoisotopic (exact) mass is 630 g/mol. The summed E-state index contributed by atoms with van der Waals surface area (Å²) in [7, 11) is 1.92. The number of esters is 1. The first kappa shape index (κ1) is 32.4. The molecule has 5 rings (SSSR count). The van der Waals surface area contributed by atoms with Crippen LogP contribution >= 0.6 is 11.8 Å². The maximum absolute atomic E-state index is 12.3. The Morgan fingerprint density at radius 1 is 1.02 bits per heavy atom. The number of nitrogens with zero attached hydrogens (tertiary/aromatic N) is 3. The van der Waals surface area contributed by atoms with E-state index in [-0.39, 0.29) is 30.6 Å². The summed E-state index contributed by atoms with van der Waals surface area (Å²) in [5, 5.41) is 21.4. The van der Waals surface area contributed by atoms with E-state index in [0.29, 0.717) is 12.3 Å². The number of hydrogen-bond acceptors (Lipinski definition) is 9. The van der Waals surface area contributed by atoms with Gasteiger partial charge in [0.2, 0.25) is 0 Å². The van der Waals surface area contributed by atoms with Gasteiger partial charge in [-0.3, -0.25) is 9.59 Å². The van der Waals surface area contributed by atoms with Crippen LogP contribution in [0.3, 0.4) is 0 Å². The molecular formula is C34H38N4O6S. The van der Waals surface area contributed by atoms with Gasteiger partial charge in [-0.25, -0.2) is 0 Å². The maximum Gasteiger partial charge on any atom is 0.303 e. The number of aliphatic hydroxyl groups is 1. The predicted octanol–water partition coefficient (Wildman–Crippen LogP) is 5.13. The molecular weight excluding hydrogens is 592 g/mol. The number of carbonyl (C=O) groups is 2. The summed E-state index contributed by atoms with van der Waals surface area (Å²) in [4.78, 5) is 23.4. The third kappa shape index (κ3) is 8.17. The second kappa shape index (κ2) is 14.8. The average molecular weight is 631 g/mol. The molecule has 5 atom stereocenters. The molecule has 0 saturated carbocycles. The fraction of sp³-hybridized carbons (Fsp3) is 0.353. The van der Waals surface area contributed by atoms with Crippen molar-refractivity contribution in [2.24, 2.45) is 13.0 Å². The number of carbonyl (C=O) groups excluding carboxylic acids is 2. The number of aryl methyl sites for hydroxylation is 1. The third-order valence-corrected chi connectivity index (χ3v) is 8.91. The van der Waals surface area contributed by atoms with Crippen molar-refractivity contribution in [2.75, 3.05) is 5.75 Å². The molecule has 1 aromatic heterocycles. The molecule has 3 aromatic carbocycles. The van der Waals surface area contributed by atoms with Crippen LogP contribution in [-0.2, 0) is 44.0 Å². The number of hydrogen-bond donors (Lipinski definition) is 2. The molecule has 1 amide bonds. The highest BCUT2D eigenvalue weighted by atomic mass is 32.2. The van der Waals surface area contributed by atoms with Crippen molar-refractivity contribution in [3.05, 3.63) is 101 Å². The summed E-state index contributed by atoms with van der Waals surface area (Å²) in [5.41, 5.74) is 5.72. The van der Waals surface area contributed by atoms with Crippen molar-refractivity contribution in [1.29, 1.82) is 0 Å². The number of benzene rings is 3. The van der Waals surface area contributed by atoms with E-state index in [1.165, 1.54) is 6.92 Å². The van der Waals surface area contributed by atoms with E-state index < -0.39 is 18.4 Å². The fourth-order valence-corrected chi connectivity index (χ4v) is 6.25. The molecule has 1 aliphatic heterocycles. The van der Waals surface area contributed by atoms with Crippen molar-refractivity contribution in [3.8, 4) is 11.1 Å². The van der Waals surface area contributed by atoms with Gasteiger partial charge in [-0.1, -0.05) is 85.4 Å². The summed E-state index contributed by atoms with van der Waals surface area (Å²) >= 11 is 1.60. The fourth-order valence-electron chi connectivity index (χ4n) is 5.20. The Morgan fingerprint density at radius 2 is 1.76 bits per heavy atom. The van der Waals surface area contributed by atoms with E-state index in [4.69, 9.17) is 14.2 Å². The van der Waals surface area contributed by atoms with E-state index in [0.717, 1.165) is 38.5 Å². The quantitative estimate of drug-likeness (QED) is 0.172. The summed E-state index contributed by atoms with van der Waals surface area (Å²) in [6, 6.07) is 23.9. The highest BCUT2D eigenvalue weighted by Crippen LogP contribution is 2.43. The van der Waals surface area contributed by atoms with Gasteiger partial charge in [-0.2, -0.15) is 0 Å².